The second kappa shape index (κ2) is 7.18. The molecule has 2 rings (SSSR count). The summed E-state index contributed by atoms with van der Waals surface area (Å²) in [6, 6.07) is 1.39. The minimum Gasteiger partial charge on any atom is -0.463 e. The molecule has 1 aromatic carbocycles. The van der Waals surface area contributed by atoms with Gasteiger partial charge in [-0.15, -0.1) is 0 Å². The fourth-order valence-corrected chi connectivity index (χ4v) is 3.71. The van der Waals surface area contributed by atoms with Crippen LogP contribution in [0.4, 0.5) is 13.2 Å². The van der Waals surface area contributed by atoms with Gasteiger partial charge in [0.05, 0.1) is 10.2 Å². The highest BCUT2D eigenvalue weighted by atomic mass is 35.5. The zero-order valence-electron chi connectivity index (χ0n) is 13.1. The number of alkyl halides is 3. The molecule has 1 N–H and O–H groups in total. The maximum Gasteiger partial charge on any atom is 0.534 e. The molecular formula is C13H11ClF3NO6S2. The van der Waals surface area contributed by atoms with Gasteiger partial charge in [0.2, 0.25) is 0 Å². The molecule has 0 radical (unpaired) electrons. The number of esters is 1. The van der Waals surface area contributed by atoms with Crippen molar-refractivity contribution in [2.75, 3.05) is 6.61 Å². The number of nitrogens with zero attached hydrogens (tertiary/aromatic N) is 1. The molecular weight excluding hydrogens is 423 g/mol. The Kier molecular flexibility index (Phi) is 5.71. The molecule has 1 atom stereocenters. The second-order valence-electron chi connectivity index (χ2n) is 5.05. The van der Waals surface area contributed by atoms with Crippen molar-refractivity contribution in [1.82, 2.24) is 4.98 Å². The van der Waals surface area contributed by atoms with Crippen LogP contribution in [0.3, 0.4) is 0 Å². The first-order valence-corrected chi connectivity index (χ1v) is 9.35. The zero-order chi connectivity index (χ0) is 19.9. The van der Waals surface area contributed by atoms with E-state index in [2.05, 4.69) is 13.9 Å². The molecule has 2 aromatic rings. The number of halogens is 4. The Balaban J connectivity index is 2.67. The third-order valence-corrected chi connectivity index (χ3v) is 5.24. The van der Waals surface area contributed by atoms with Gasteiger partial charge in [-0.3, -0.25) is 4.79 Å². The van der Waals surface area contributed by atoms with Crippen LogP contribution in [0.5, 0.6) is 5.75 Å². The monoisotopic (exact) mass is 433 g/mol. The lowest BCUT2D eigenvalue weighted by molar-refractivity contribution is -0.144. The van der Waals surface area contributed by atoms with Crippen LogP contribution in [0.1, 0.15) is 24.2 Å². The molecule has 0 aliphatic rings. The average Bonchev–Trinajstić information content (AvgIpc) is 2.83. The molecule has 0 fully saturated rings. The summed E-state index contributed by atoms with van der Waals surface area (Å²) >= 11 is 6.42. The number of carbonyl (C=O) groups is 1. The van der Waals surface area contributed by atoms with Crippen molar-refractivity contribution in [2.24, 2.45) is 0 Å². The van der Waals surface area contributed by atoms with E-state index in [0.29, 0.717) is 11.3 Å². The summed E-state index contributed by atoms with van der Waals surface area (Å²) in [4.78, 5) is 14.8. The molecule has 13 heteroatoms. The predicted octanol–water partition coefficient (Wildman–Crippen LogP) is 3.08. The van der Waals surface area contributed by atoms with Gasteiger partial charge in [-0.05, 0) is 18.6 Å². The maximum absolute atomic E-state index is 12.7. The maximum atomic E-state index is 12.7. The van der Waals surface area contributed by atoms with Crippen LogP contribution in [0.25, 0.3) is 10.2 Å². The molecule has 1 aromatic heterocycles. The predicted molar refractivity (Wildman–Crippen MR) is 86.6 cm³/mol. The van der Waals surface area contributed by atoms with Crippen LogP contribution in [-0.4, -0.2) is 36.6 Å². The standard InChI is InChI=1S/C13H11ClF3NO6S2/c1-5-3-7-11(25-12(14)18-7)10(24-26(21,22)13(15,16)17)9(5)8(20)4-23-6(2)19/h3,8,20H,4H2,1-2H3/t8-/m1/s1. The number of hydrogen-bond acceptors (Lipinski definition) is 8. The molecule has 0 saturated heterocycles. The highest BCUT2D eigenvalue weighted by Gasteiger charge is 2.49. The Labute approximate surface area is 154 Å². The van der Waals surface area contributed by atoms with Crippen molar-refractivity contribution in [3.05, 3.63) is 21.7 Å². The molecule has 0 aliphatic carbocycles. The quantitative estimate of drug-likeness (QED) is 0.439. The van der Waals surface area contributed by atoms with Crippen molar-refractivity contribution < 1.29 is 40.4 Å². The SMILES string of the molecule is CC(=O)OC[C@@H](O)c1c(C)cc2nc(Cl)sc2c1OS(=O)(=O)C(F)(F)F. The summed E-state index contributed by atoms with van der Waals surface area (Å²) in [6.45, 7) is 1.85. The topological polar surface area (TPSA) is 103 Å². The van der Waals surface area contributed by atoms with Crippen LogP contribution in [-0.2, 0) is 19.6 Å². The van der Waals surface area contributed by atoms with E-state index in [1.54, 1.807) is 0 Å². The van der Waals surface area contributed by atoms with Gasteiger partial charge in [0, 0.05) is 12.5 Å². The first-order valence-electron chi connectivity index (χ1n) is 6.75. The Hall–Kier alpha value is -1.63. The van der Waals surface area contributed by atoms with Gasteiger partial charge >= 0.3 is 21.6 Å². The number of fused-ring (bicyclic) bond motifs is 1. The molecule has 0 spiro atoms. The third-order valence-electron chi connectivity index (χ3n) is 3.11. The van der Waals surface area contributed by atoms with E-state index in [1.807, 2.05) is 0 Å². The van der Waals surface area contributed by atoms with E-state index in [-0.39, 0.29) is 25.8 Å². The first-order chi connectivity index (χ1) is 11.8. The first kappa shape index (κ1) is 20.7. The number of hydrogen-bond donors (Lipinski definition) is 1. The highest BCUT2D eigenvalue weighted by Crippen LogP contribution is 2.42. The number of aryl methyl sites for hydroxylation is 1. The molecule has 0 unspecified atom stereocenters. The van der Waals surface area contributed by atoms with Crippen molar-refractivity contribution in [1.29, 1.82) is 0 Å². The smallest absolute Gasteiger partial charge is 0.463 e. The molecule has 0 bridgehead atoms. The largest absolute Gasteiger partial charge is 0.534 e. The molecule has 144 valence electrons. The number of thiazole rings is 1. The van der Waals surface area contributed by atoms with Crippen LogP contribution in [0.15, 0.2) is 6.07 Å². The fraction of sp³-hybridized carbons (Fsp3) is 0.385. The summed E-state index contributed by atoms with van der Waals surface area (Å²) in [5.74, 6) is -1.50. The summed E-state index contributed by atoms with van der Waals surface area (Å²) in [5, 5.41) is 10.2. The number of ether oxygens (including phenoxy) is 1. The van der Waals surface area contributed by atoms with Gasteiger partial charge < -0.3 is 14.0 Å². The number of rotatable bonds is 5. The Morgan fingerprint density at radius 1 is 1.46 bits per heavy atom. The van der Waals surface area contributed by atoms with Gasteiger partial charge in [-0.2, -0.15) is 21.6 Å². The van der Waals surface area contributed by atoms with E-state index in [1.165, 1.54) is 13.0 Å². The Bertz CT molecular complexity index is 957. The third kappa shape index (κ3) is 4.19. The lowest BCUT2D eigenvalue weighted by Crippen LogP contribution is -2.29. The highest BCUT2D eigenvalue weighted by molar-refractivity contribution is 7.88. The van der Waals surface area contributed by atoms with E-state index < -0.39 is 40.1 Å². The Morgan fingerprint density at radius 2 is 2.08 bits per heavy atom. The van der Waals surface area contributed by atoms with Crippen molar-refractivity contribution >= 4 is 49.2 Å². The van der Waals surface area contributed by atoms with Crippen LogP contribution in [0.2, 0.25) is 4.47 Å². The van der Waals surface area contributed by atoms with Crippen LogP contribution >= 0.6 is 22.9 Å². The summed E-state index contributed by atoms with van der Waals surface area (Å²) in [6.07, 6.45) is -1.64. The zero-order valence-corrected chi connectivity index (χ0v) is 15.5. The summed E-state index contributed by atoms with van der Waals surface area (Å²) < 4.78 is 69.9. The van der Waals surface area contributed by atoms with Gasteiger partial charge in [0.25, 0.3) is 0 Å². The van der Waals surface area contributed by atoms with E-state index in [4.69, 9.17) is 11.6 Å². The molecule has 0 saturated carbocycles. The molecule has 7 nitrogen and oxygen atoms in total. The minimum atomic E-state index is -6.02. The number of carbonyl (C=O) groups excluding carboxylic acids is 1. The molecule has 0 amide bonds. The van der Waals surface area contributed by atoms with E-state index in [9.17, 15) is 31.5 Å². The minimum absolute atomic E-state index is 0.0692. The number of benzene rings is 1. The van der Waals surface area contributed by atoms with Gasteiger partial charge in [-0.1, -0.05) is 22.9 Å². The fourth-order valence-electron chi connectivity index (χ4n) is 2.08. The lowest BCUT2D eigenvalue weighted by Gasteiger charge is -2.19. The molecule has 26 heavy (non-hydrogen) atoms. The summed E-state index contributed by atoms with van der Waals surface area (Å²) in [5.41, 5.74) is -5.71. The van der Waals surface area contributed by atoms with Crippen LogP contribution < -0.4 is 4.18 Å². The van der Waals surface area contributed by atoms with Crippen LogP contribution in [0, 0.1) is 6.92 Å². The van der Waals surface area contributed by atoms with Crippen molar-refractivity contribution in [2.45, 2.75) is 25.5 Å². The average molecular weight is 434 g/mol. The van der Waals surface area contributed by atoms with Crippen molar-refractivity contribution in [3.8, 4) is 5.75 Å². The lowest BCUT2D eigenvalue weighted by atomic mass is 10.0. The van der Waals surface area contributed by atoms with E-state index in [0.717, 1.165) is 6.92 Å². The van der Waals surface area contributed by atoms with Gasteiger partial charge in [0.1, 0.15) is 12.7 Å². The number of aliphatic hydroxyl groups is 1. The van der Waals surface area contributed by atoms with Gasteiger partial charge in [0.15, 0.2) is 10.2 Å². The molecule has 0 aliphatic heterocycles. The van der Waals surface area contributed by atoms with Crippen molar-refractivity contribution in [3.63, 3.8) is 0 Å². The molecule has 1 heterocycles. The Morgan fingerprint density at radius 3 is 2.62 bits per heavy atom. The number of aliphatic hydroxyl groups excluding tert-OH is 1. The summed E-state index contributed by atoms with van der Waals surface area (Å²) in [7, 11) is -6.02. The van der Waals surface area contributed by atoms with Gasteiger partial charge in [-0.25, -0.2) is 4.98 Å². The normalized spacial score (nSPS) is 13.7. The second-order valence-corrected chi connectivity index (χ2v) is 8.17. The number of aromatic nitrogens is 1. The van der Waals surface area contributed by atoms with E-state index >= 15 is 0 Å².